The molecule has 0 aliphatic heterocycles. The first-order chi connectivity index (χ1) is 18.3. The smallest absolute Gasteiger partial charge is 0.234 e. The molecular weight excluding hydrogens is 472 g/mol. The molecule has 3 aromatic heterocycles. The quantitative estimate of drug-likeness (QED) is 0.298. The molecule has 0 saturated heterocycles. The van der Waals surface area contributed by atoms with Crippen molar-refractivity contribution in [1.29, 1.82) is 0 Å². The minimum absolute atomic E-state index is 0.162. The summed E-state index contributed by atoms with van der Waals surface area (Å²) in [6, 6.07) is 7.27. The summed E-state index contributed by atoms with van der Waals surface area (Å²) in [4.78, 5) is 22.9. The van der Waals surface area contributed by atoms with E-state index >= 15 is 0 Å². The van der Waals surface area contributed by atoms with Crippen LogP contribution in [0.1, 0.15) is 87.5 Å². The molecule has 7 nitrogen and oxygen atoms in total. The maximum atomic E-state index is 12.5. The predicted molar refractivity (Wildman–Crippen MR) is 155 cm³/mol. The molecule has 0 radical (unpaired) electrons. The van der Waals surface area contributed by atoms with Crippen LogP contribution in [0.15, 0.2) is 30.7 Å². The first-order valence-corrected chi connectivity index (χ1v) is 14.3. The number of benzene rings is 1. The molecule has 1 saturated carbocycles. The van der Waals surface area contributed by atoms with Gasteiger partial charge in [-0.3, -0.25) is 9.69 Å². The van der Waals surface area contributed by atoms with Gasteiger partial charge in [-0.05, 0) is 98.8 Å². The molecule has 1 aromatic carbocycles. The first-order valence-electron chi connectivity index (χ1n) is 14.3. The van der Waals surface area contributed by atoms with Crippen LogP contribution in [0.3, 0.4) is 0 Å². The van der Waals surface area contributed by atoms with Gasteiger partial charge in [0.15, 0.2) is 5.65 Å². The second-order valence-electron chi connectivity index (χ2n) is 11.3. The number of hydrogen-bond donors (Lipinski definition) is 2. The van der Waals surface area contributed by atoms with Gasteiger partial charge in [-0.1, -0.05) is 33.8 Å². The number of likely N-dealkylation sites (N-methyl/N-ethyl adjacent to an activating group) is 1. The number of aryl methyl sites for hydroxylation is 1. The Morgan fingerprint density at radius 1 is 1.13 bits per heavy atom. The number of nitrogens with one attached hydrogen (secondary N) is 2. The van der Waals surface area contributed by atoms with E-state index in [-0.39, 0.29) is 5.91 Å². The van der Waals surface area contributed by atoms with Crippen molar-refractivity contribution in [3.8, 4) is 11.3 Å². The van der Waals surface area contributed by atoms with Crippen LogP contribution in [-0.2, 0) is 4.79 Å². The Labute approximate surface area is 226 Å². The van der Waals surface area contributed by atoms with Crippen LogP contribution in [0.25, 0.3) is 27.8 Å². The standard InChI is InChI=1S/C31H42N6O/c1-7-36(8-2)17-28(38)34-24-12-9-22(10-13-24)23-11-14-27-25(15-23)29(19(3)4)30(35-27)26-16-37-31(32-18-33-37)21(6)20(26)5/h11,14-16,18-19,22,24,35H,7-10,12-13,17H2,1-6H3,(H,34,38). The van der Waals surface area contributed by atoms with E-state index in [1.165, 1.54) is 38.9 Å². The highest BCUT2D eigenvalue weighted by atomic mass is 16.2. The van der Waals surface area contributed by atoms with Crippen molar-refractivity contribution in [3.63, 3.8) is 0 Å². The third-order valence-corrected chi connectivity index (χ3v) is 8.66. The van der Waals surface area contributed by atoms with Crippen LogP contribution in [0.4, 0.5) is 0 Å². The molecule has 0 spiro atoms. The van der Waals surface area contributed by atoms with E-state index in [1.807, 2.05) is 4.52 Å². The molecular formula is C31H42N6O. The second-order valence-corrected chi connectivity index (χ2v) is 11.3. The molecule has 38 heavy (non-hydrogen) atoms. The number of pyridine rings is 1. The molecule has 2 N–H and O–H groups in total. The molecule has 7 heteroatoms. The van der Waals surface area contributed by atoms with Crippen LogP contribution < -0.4 is 5.32 Å². The lowest BCUT2D eigenvalue weighted by molar-refractivity contribution is -0.123. The first kappa shape index (κ1) is 26.4. The zero-order valence-corrected chi connectivity index (χ0v) is 23.8. The van der Waals surface area contributed by atoms with E-state index in [1.54, 1.807) is 6.33 Å². The highest BCUT2D eigenvalue weighted by Crippen LogP contribution is 2.40. The summed E-state index contributed by atoms with van der Waals surface area (Å²) in [5.41, 5.74) is 9.64. The third-order valence-electron chi connectivity index (χ3n) is 8.66. The summed E-state index contributed by atoms with van der Waals surface area (Å²) in [6.07, 6.45) is 8.03. The molecule has 1 amide bonds. The molecule has 202 valence electrons. The van der Waals surface area contributed by atoms with Gasteiger partial charge in [0.1, 0.15) is 6.33 Å². The van der Waals surface area contributed by atoms with E-state index in [0.29, 0.717) is 24.4 Å². The van der Waals surface area contributed by atoms with E-state index in [4.69, 9.17) is 0 Å². The van der Waals surface area contributed by atoms with Crippen LogP contribution in [0.2, 0.25) is 0 Å². The van der Waals surface area contributed by atoms with Crippen LogP contribution in [0, 0.1) is 13.8 Å². The number of H-pyrrole nitrogens is 1. The van der Waals surface area contributed by atoms with Crippen LogP contribution >= 0.6 is 0 Å². The average molecular weight is 515 g/mol. The number of amides is 1. The van der Waals surface area contributed by atoms with Crippen molar-refractivity contribution >= 4 is 22.5 Å². The van der Waals surface area contributed by atoms with Crippen molar-refractivity contribution in [3.05, 3.63) is 53.0 Å². The lowest BCUT2D eigenvalue weighted by atomic mass is 9.81. The van der Waals surface area contributed by atoms with Crippen molar-refractivity contribution in [2.24, 2.45) is 0 Å². The summed E-state index contributed by atoms with van der Waals surface area (Å²) in [5, 5.41) is 9.03. The number of carbonyl (C=O) groups is 1. The maximum Gasteiger partial charge on any atom is 0.234 e. The highest BCUT2D eigenvalue weighted by Gasteiger charge is 2.26. The zero-order valence-electron chi connectivity index (χ0n) is 23.8. The zero-order chi connectivity index (χ0) is 27.0. The Morgan fingerprint density at radius 2 is 1.87 bits per heavy atom. The fraction of sp³-hybridized carbons (Fsp3) is 0.516. The summed E-state index contributed by atoms with van der Waals surface area (Å²) in [7, 11) is 0. The van der Waals surface area contributed by atoms with E-state index in [0.717, 1.165) is 50.0 Å². The molecule has 5 rings (SSSR count). The lowest BCUT2D eigenvalue weighted by Gasteiger charge is -2.30. The Morgan fingerprint density at radius 3 is 2.55 bits per heavy atom. The van der Waals surface area contributed by atoms with Gasteiger partial charge in [0.25, 0.3) is 0 Å². The SMILES string of the molecule is CCN(CC)CC(=O)NC1CCC(c2ccc3[nH]c(-c4cn5ncnc5c(C)c4C)c(C(C)C)c3c2)CC1. The minimum atomic E-state index is 0.162. The summed E-state index contributed by atoms with van der Waals surface area (Å²) < 4.78 is 1.89. The van der Waals surface area contributed by atoms with Gasteiger partial charge in [-0.2, -0.15) is 5.10 Å². The normalized spacial score (nSPS) is 18.2. The van der Waals surface area contributed by atoms with E-state index in [9.17, 15) is 4.79 Å². The molecule has 4 aromatic rings. The van der Waals surface area contributed by atoms with Crippen molar-refractivity contribution < 1.29 is 4.79 Å². The largest absolute Gasteiger partial charge is 0.354 e. The molecule has 1 aliphatic rings. The number of fused-ring (bicyclic) bond motifs is 2. The average Bonchev–Trinajstić information content (AvgIpc) is 3.54. The fourth-order valence-corrected chi connectivity index (χ4v) is 6.25. The number of carbonyl (C=O) groups excluding carboxylic acids is 1. The minimum Gasteiger partial charge on any atom is -0.354 e. The Kier molecular flexibility index (Phi) is 7.57. The van der Waals surface area contributed by atoms with Gasteiger partial charge in [-0.15, -0.1) is 0 Å². The van der Waals surface area contributed by atoms with Gasteiger partial charge in [0.05, 0.1) is 12.2 Å². The number of hydrogen-bond acceptors (Lipinski definition) is 4. The van der Waals surface area contributed by atoms with Crippen molar-refractivity contribution in [2.45, 2.75) is 85.1 Å². The molecule has 0 atom stereocenters. The number of aromatic amines is 1. The fourth-order valence-electron chi connectivity index (χ4n) is 6.25. The van der Waals surface area contributed by atoms with Crippen LogP contribution in [-0.4, -0.2) is 56.1 Å². The van der Waals surface area contributed by atoms with E-state index < -0.39 is 0 Å². The molecule has 0 unspecified atom stereocenters. The lowest BCUT2D eigenvalue weighted by Crippen LogP contribution is -2.43. The van der Waals surface area contributed by atoms with Gasteiger partial charge in [0.2, 0.25) is 5.91 Å². The highest BCUT2D eigenvalue weighted by molar-refractivity contribution is 5.92. The van der Waals surface area contributed by atoms with Gasteiger partial charge < -0.3 is 10.3 Å². The maximum absolute atomic E-state index is 12.5. The Hall–Kier alpha value is -3.19. The monoisotopic (exact) mass is 514 g/mol. The third kappa shape index (κ3) is 4.96. The van der Waals surface area contributed by atoms with Gasteiger partial charge in [-0.25, -0.2) is 9.50 Å². The summed E-state index contributed by atoms with van der Waals surface area (Å²) in [5.74, 6) is 1.07. The number of rotatable bonds is 8. The predicted octanol–water partition coefficient (Wildman–Crippen LogP) is 6.10. The van der Waals surface area contributed by atoms with Gasteiger partial charge in [0, 0.05) is 28.7 Å². The molecule has 0 bridgehead atoms. The number of aromatic nitrogens is 4. The second kappa shape index (κ2) is 10.9. The van der Waals surface area contributed by atoms with Crippen molar-refractivity contribution in [2.75, 3.05) is 19.6 Å². The van der Waals surface area contributed by atoms with Crippen molar-refractivity contribution in [1.82, 2.24) is 29.8 Å². The number of nitrogens with zero attached hydrogens (tertiary/aromatic N) is 4. The van der Waals surface area contributed by atoms with E-state index in [2.05, 4.69) is 91.2 Å². The topological polar surface area (TPSA) is 78.3 Å². The van der Waals surface area contributed by atoms with Crippen LogP contribution in [0.5, 0.6) is 0 Å². The Bertz CT molecular complexity index is 1440. The summed E-state index contributed by atoms with van der Waals surface area (Å²) >= 11 is 0. The Balaban J connectivity index is 1.39. The van der Waals surface area contributed by atoms with Gasteiger partial charge >= 0.3 is 0 Å². The molecule has 1 aliphatic carbocycles. The molecule has 3 heterocycles. The molecule has 1 fully saturated rings. The summed E-state index contributed by atoms with van der Waals surface area (Å²) in [6.45, 7) is 15.4.